The van der Waals surface area contributed by atoms with Crippen LogP contribution in [0.1, 0.15) is 43.6 Å². The number of methoxy groups -OCH3 is 1. The number of hydrogen-bond donors (Lipinski definition) is 1. The van der Waals surface area contributed by atoms with Crippen LogP contribution in [-0.4, -0.2) is 29.9 Å². The second-order valence-electron chi connectivity index (χ2n) is 7.63. The van der Waals surface area contributed by atoms with Crippen molar-refractivity contribution >= 4 is 5.97 Å². The highest BCUT2D eigenvalue weighted by atomic mass is 16.5. The Morgan fingerprint density at radius 1 is 1.04 bits per heavy atom. The van der Waals surface area contributed by atoms with Crippen molar-refractivity contribution in [3.05, 3.63) is 59.7 Å². The summed E-state index contributed by atoms with van der Waals surface area (Å²) in [6, 6.07) is 15.4. The minimum atomic E-state index is -0.346. The van der Waals surface area contributed by atoms with Crippen molar-refractivity contribution in [1.82, 2.24) is 10.2 Å². The van der Waals surface area contributed by atoms with Gasteiger partial charge in [0, 0.05) is 11.1 Å². The minimum absolute atomic E-state index is 0.0383. The van der Waals surface area contributed by atoms with Crippen LogP contribution in [0.15, 0.2) is 48.5 Å². The molecule has 146 valence electrons. The first-order chi connectivity index (χ1) is 13.3. The lowest BCUT2D eigenvalue weighted by Gasteiger charge is -2.23. The van der Waals surface area contributed by atoms with Crippen molar-refractivity contribution in [1.29, 1.82) is 0 Å². The van der Waals surface area contributed by atoms with E-state index in [4.69, 9.17) is 9.47 Å². The molecule has 0 atom stereocenters. The Kier molecular flexibility index (Phi) is 5.54. The van der Waals surface area contributed by atoms with Gasteiger partial charge >= 0.3 is 5.97 Å². The van der Waals surface area contributed by atoms with E-state index in [2.05, 4.69) is 37.0 Å². The quantitative estimate of drug-likeness (QED) is 0.618. The van der Waals surface area contributed by atoms with Gasteiger partial charge in [0.1, 0.15) is 5.75 Å². The zero-order valence-electron chi connectivity index (χ0n) is 17.0. The number of H-pyrrole nitrogens is 1. The van der Waals surface area contributed by atoms with E-state index in [0.717, 1.165) is 33.8 Å². The monoisotopic (exact) mass is 378 g/mol. The molecule has 3 rings (SSSR count). The van der Waals surface area contributed by atoms with Crippen molar-refractivity contribution in [2.24, 2.45) is 0 Å². The lowest BCUT2D eigenvalue weighted by molar-refractivity contribution is 0.0600. The number of ether oxygens (including phenoxy) is 2. The normalized spacial score (nSPS) is 11.3. The average Bonchev–Trinajstić information content (AvgIpc) is 3.17. The molecule has 5 heteroatoms. The van der Waals surface area contributed by atoms with E-state index in [0.29, 0.717) is 12.2 Å². The summed E-state index contributed by atoms with van der Waals surface area (Å²) in [4.78, 5) is 11.6. The van der Waals surface area contributed by atoms with Gasteiger partial charge < -0.3 is 9.47 Å². The van der Waals surface area contributed by atoms with Crippen LogP contribution in [0.3, 0.4) is 0 Å². The van der Waals surface area contributed by atoms with Crippen LogP contribution in [0.25, 0.3) is 22.5 Å². The van der Waals surface area contributed by atoms with Gasteiger partial charge in [0.2, 0.25) is 0 Å². The van der Waals surface area contributed by atoms with Crippen molar-refractivity contribution in [2.45, 2.75) is 33.1 Å². The molecule has 0 spiro atoms. The van der Waals surface area contributed by atoms with Crippen LogP contribution in [0.2, 0.25) is 0 Å². The maximum absolute atomic E-state index is 11.6. The van der Waals surface area contributed by atoms with Crippen LogP contribution >= 0.6 is 0 Å². The fourth-order valence-electron chi connectivity index (χ4n) is 3.08. The Hall–Kier alpha value is -3.08. The summed E-state index contributed by atoms with van der Waals surface area (Å²) >= 11 is 0. The molecule has 0 aliphatic heterocycles. The zero-order valence-corrected chi connectivity index (χ0v) is 17.0. The Morgan fingerprint density at radius 3 is 2.32 bits per heavy atom. The Balaban J connectivity index is 1.92. The molecule has 0 unspecified atom stereocenters. The molecule has 3 aromatic rings. The maximum atomic E-state index is 11.6. The van der Waals surface area contributed by atoms with Crippen molar-refractivity contribution in [3.8, 4) is 28.3 Å². The van der Waals surface area contributed by atoms with Gasteiger partial charge in [0.15, 0.2) is 0 Å². The molecule has 0 aliphatic carbocycles. The zero-order chi connectivity index (χ0) is 20.3. The van der Waals surface area contributed by atoms with Gasteiger partial charge in [-0.25, -0.2) is 4.79 Å². The number of nitrogens with zero attached hydrogens (tertiary/aromatic N) is 1. The van der Waals surface area contributed by atoms with Crippen LogP contribution in [0.5, 0.6) is 5.75 Å². The van der Waals surface area contributed by atoms with E-state index in [1.165, 1.54) is 7.11 Å². The molecule has 1 aromatic heterocycles. The number of esters is 1. The molecular weight excluding hydrogens is 352 g/mol. The Bertz CT molecular complexity index is 966. The molecule has 2 aromatic carbocycles. The molecule has 1 N–H and O–H groups in total. The molecule has 0 bridgehead atoms. The standard InChI is InChI=1S/C23H26N2O3/c1-6-28-21-12-11-17(13-18(21)23(2,3)4)20-14-19(24-25-20)15-7-9-16(10-8-15)22(26)27-5/h7-14H,6H2,1-5H3,(H,24,25). The van der Waals surface area contributed by atoms with Gasteiger partial charge in [-0.3, -0.25) is 5.10 Å². The summed E-state index contributed by atoms with van der Waals surface area (Å²) in [6.07, 6.45) is 0. The highest BCUT2D eigenvalue weighted by Gasteiger charge is 2.20. The van der Waals surface area contributed by atoms with Gasteiger partial charge in [-0.05, 0) is 54.3 Å². The van der Waals surface area contributed by atoms with E-state index in [9.17, 15) is 4.79 Å². The van der Waals surface area contributed by atoms with Gasteiger partial charge in [-0.2, -0.15) is 5.10 Å². The number of rotatable bonds is 5. The van der Waals surface area contributed by atoms with Crippen molar-refractivity contribution in [2.75, 3.05) is 13.7 Å². The van der Waals surface area contributed by atoms with Crippen LogP contribution < -0.4 is 4.74 Å². The number of nitrogens with one attached hydrogen (secondary N) is 1. The van der Waals surface area contributed by atoms with Crippen LogP contribution in [0.4, 0.5) is 0 Å². The number of hydrogen-bond acceptors (Lipinski definition) is 4. The predicted molar refractivity (Wildman–Crippen MR) is 111 cm³/mol. The molecule has 0 fully saturated rings. The topological polar surface area (TPSA) is 64.2 Å². The molecule has 0 saturated heterocycles. The summed E-state index contributed by atoms with van der Waals surface area (Å²) < 4.78 is 10.5. The molecule has 0 amide bonds. The summed E-state index contributed by atoms with van der Waals surface area (Å²) in [5, 5.41) is 7.56. The number of aromatic amines is 1. The number of aromatic nitrogens is 2. The first kappa shape index (κ1) is 19.7. The smallest absolute Gasteiger partial charge is 0.337 e. The minimum Gasteiger partial charge on any atom is -0.494 e. The van der Waals surface area contributed by atoms with E-state index >= 15 is 0 Å². The average molecular weight is 378 g/mol. The second-order valence-corrected chi connectivity index (χ2v) is 7.63. The van der Waals surface area contributed by atoms with Crippen LogP contribution in [0, 0.1) is 0 Å². The maximum Gasteiger partial charge on any atom is 0.337 e. The van der Waals surface area contributed by atoms with E-state index in [-0.39, 0.29) is 11.4 Å². The molecule has 0 radical (unpaired) electrons. The molecule has 0 aliphatic rings. The van der Waals surface area contributed by atoms with E-state index in [1.807, 2.05) is 37.3 Å². The highest BCUT2D eigenvalue weighted by Crippen LogP contribution is 2.35. The first-order valence-electron chi connectivity index (χ1n) is 9.35. The first-order valence-corrected chi connectivity index (χ1v) is 9.35. The number of benzene rings is 2. The SMILES string of the molecule is CCOc1ccc(-c2cc(-c3ccc(C(=O)OC)cc3)[nH]n2)cc1C(C)(C)C. The van der Waals surface area contributed by atoms with E-state index < -0.39 is 0 Å². The molecule has 28 heavy (non-hydrogen) atoms. The molecule has 0 saturated carbocycles. The highest BCUT2D eigenvalue weighted by molar-refractivity contribution is 5.89. The van der Waals surface area contributed by atoms with Gasteiger partial charge in [-0.1, -0.05) is 32.9 Å². The Labute approximate surface area is 165 Å². The molecular formula is C23H26N2O3. The van der Waals surface area contributed by atoms with Crippen molar-refractivity contribution in [3.63, 3.8) is 0 Å². The summed E-state index contributed by atoms with van der Waals surface area (Å²) in [5.41, 5.74) is 5.36. The summed E-state index contributed by atoms with van der Waals surface area (Å²) in [6.45, 7) is 9.15. The fourth-order valence-corrected chi connectivity index (χ4v) is 3.08. The van der Waals surface area contributed by atoms with Gasteiger partial charge in [-0.15, -0.1) is 0 Å². The van der Waals surface area contributed by atoms with E-state index in [1.54, 1.807) is 12.1 Å². The third-order valence-corrected chi connectivity index (χ3v) is 4.58. The molecule has 5 nitrogen and oxygen atoms in total. The second kappa shape index (κ2) is 7.89. The number of carbonyl (C=O) groups is 1. The summed E-state index contributed by atoms with van der Waals surface area (Å²) in [5.74, 6) is 0.564. The van der Waals surface area contributed by atoms with Crippen molar-refractivity contribution < 1.29 is 14.3 Å². The summed E-state index contributed by atoms with van der Waals surface area (Å²) in [7, 11) is 1.38. The third-order valence-electron chi connectivity index (χ3n) is 4.58. The lowest BCUT2D eigenvalue weighted by Crippen LogP contribution is -2.13. The lowest BCUT2D eigenvalue weighted by atomic mass is 9.85. The van der Waals surface area contributed by atoms with Crippen LogP contribution in [-0.2, 0) is 10.2 Å². The number of carbonyl (C=O) groups excluding carboxylic acids is 1. The fraction of sp³-hybridized carbons (Fsp3) is 0.304. The van der Waals surface area contributed by atoms with Gasteiger partial charge in [0.25, 0.3) is 0 Å². The largest absolute Gasteiger partial charge is 0.494 e. The third kappa shape index (κ3) is 4.09. The predicted octanol–water partition coefficient (Wildman–Crippen LogP) is 5.23. The van der Waals surface area contributed by atoms with Gasteiger partial charge in [0.05, 0.1) is 30.7 Å². The molecule has 1 heterocycles. The Morgan fingerprint density at radius 2 is 1.71 bits per heavy atom.